The molecule has 0 aromatic rings. The Balaban J connectivity index is 0.00000364. The molecule has 2 fully saturated rings. The largest absolute Gasteiger partial charge is 0.382 e. The second-order valence-electron chi connectivity index (χ2n) is 7.75. The van der Waals surface area contributed by atoms with E-state index < -0.39 is 0 Å². The zero-order valence-electron chi connectivity index (χ0n) is 17.8. The van der Waals surface area contributed by atoms with E-state index in [1.54, 1.807) is 0 Å². The van der Waals surface area contributed by atoms with Crippen molar-refractivity contribution < 1.29 is 4.74 Å². The molecule has 0 radical (unpaired) electrons. The van der Waals surface area contributed by atoms with Crippen LogP contribution >= 0.6 is 24.0 Å². The van der Waals surface area contributed by atoms with Gasteiger partial charge in [0.1, 0.15) is 0 Å². The van der Waals surface area contributed by atoms with Gasteiger partial charge in [-0.15, -0.1) is 24.0 Å². The normalized spacial score (nSPS) is 21.5. The quantitative estimate of drug-likeness (QED) is 0.223. The minimum absolute atomic E-state index is 0. The minimum atomic E-state index is 0. The molecular weight excluding hydrogens is 453 g/mol. The Labute approximate surface area is 183 Å². The lowest BCUT2D eigenvalue weighted by Crippen LogP contribution is -2.58. The third kappa shape index (κ3) is 8.41. The van der Waals surface area contributed by atoms with Crippen LogP contribution in [0.3, 0.4) is 0 Å². The lowest BCUT2D eigenvalue weighted by atomic mass is 9.84. The summed E-state index contributed by atoms with van der Waals surface area (Å²) in [7, 11) is 2.24. The van der Waals surface area contributed by atoms with Crippen LogP contribution in [0.1, 0.15) is 52.4 Å². The monoisotopic (exact) mass is 495 g/mol. The number of piperidine rings is 2. The predicted octanol–water partition coefficient (Wildman–Crippen LogP) is 2.54. The molecule has 160 valence electrons. The van der Waals surface area contributed by atoms with Gasteiger partial charge in [0.2, 0.25) is 0 Å². The highest BCUT2D eigenvalue weighted by atomic mass is 127. The van der Waals surface area contributed by atoms with E-state index in [4.69, 9.17) is 9.73 Å². The van der Waals surface area contributed by atoms with Crippen molar-refractivity contribution in [2.75, 3.05) is 66.1 Å². The zero-order valence-corrected chi connectivity index (χ0v) is 20.1. The maximum atomic E-state index is 5.42. The average Bonchev–Trinajstić information content (AvgIpc) is 2.68. The summed E-state index contributed by atoms with van der Waals surface area (Å²) in [5.41, 5.74) is 0.251. The first-order chi connectivity index (χ1) is 12.7. The van der Waals surface area contributed by atoms with Crippen LogP contribution in [0.4, 0.5) is 0 Å². The topological polar surface area (TPSA) is 52.1 Å². The van der Waals surface area contributed by atoms with Crippen molar-refractivity contribution in [3.63, 3.8) is 0 Å². The summed E-state index contributed by atoms with van der Waals surface area (Å²) >= 11 is 0. The SMILES string of the molecule is CCNC(=NCC1(N2CCCCC2)CCN(C)CC1)NCCCOCC.I. The Morgan fingerprint density at radius 3 is 2.37 bits per heavy atom. The highest BCUT2D eigenvalue weighted by Gasteiger charge is 2.39. The molecule has 2 aliphatic rings. The van der Waals surface area contributed by atoms with E-state index >= 15 is 0 Å². The smallest absolute Gasteiger partial charge is 0.191 e. The second-order valence-corrected chi connectivity index (χ2v) is 7.75. The second kappa shape index (κ2) is 14.0. The third-order valence-corrected chi connectivity index (χ3v) is 5.78. The molecule has 2 saturated heterocycles. The van der Waals surface area contributed by atoms with Crippen molar-refractivity contribution in [2.24, 2.45) is 4.99 Å². The Kier molecular flexibility index (Phi) is 12.9. The fraction of sp³-hybridized carbons (Fsp3) is 0.950. The van der Waals surface area contributed by atoms with Gasteiger partial charge in [0.05, 0.1) is 6.54 Å². The van der Waals surface area contributed by atoms with Crippen molar-refractivity contribution in [1.29, 1.82) is 0 Å². The number of hydrogen-bond donors (Lipinski definition) is 2. The maximum absolute atomic E-state index is 5.42. The molecule has 2 rings (SSSR count). The molecule has 0 amide bonds. The lowest BCUT2D eigenvalue weighted by molar-refractivity contribution is 0.0208. The Morgan fingerprint density at radius 1 is 1.04 bits per heavy atom. The molecular formula is C20H42IN5O. The van der Waals surface area contributed by atoms with Gasteiger partial charge in [-0.2, -0.15) is 0 Å². The van der Waals surface area contributed by atoms with Crippen LogP contribution in [-0.2, 0) is 4.74 Å². The summed E-state index contributed by atoms with van der Waals surface area (Å²) < 4.78 is 5.42. The van der Waals surface area contributed by atoms with Crippen molar-refractivity contribution in [3.05, 3.63) is 0 Å². The number of nitrogens with one attached hydrogen (secondary N) is 2. The van der Waals surface area contributed by atoms with E-state index in [1.165, 1.54) is 58.3 Å². The molecule has 0 aliphatic carbocycles. The molecule has 2 aliphatic heterocycles. The Morgan fingerprint density at radius 2 is 1.74 bits per heavy atom. The van der Waals surface area contributed by atoms with E-state index in [-0.39, 0.29) is 29.5 Å². The standard InChI is InChI=1S/C20H41N5O.HI/c1-4-21-19(22-12-9-17-26-5-2)23-18-20(10-15-24(3)16-11-20)25-13-7-6-8-14-25;/h4-18H2,1-3H3,(H2,21,22,23);1H. The molecule has 0 unspecified atom stereocenters. The summed E-state index contributed by atoms with van der Waals surface area (Å²) in [6, 6.07) is 0. The van der Waals surface area contributed by atoms with Gasteiger partial charge in [-0.25, -0.2) is 0 Å². The van der Waals surface area contributed by atoms with E-state index in [0.29, 0.717) is 0 Å². The van der Waals surface area contributed by atoms with E-state index in [0.717, 1.165) is 45.2 Å². The van der Waals surface area contributed by atoms with Gasteiger partial charge >= 0.3 is 0 Å². The van der Waals surface area contributed by atoms with Crippen LogP contribution in [0.2, 0.25) is 0 Å². The first-order valence-electron chi connectivity index (χ1n) is 10.7. The van der Waals surface area contributed by atoms with Crippen molar-refractivity contribution >= 4 is 29.9 Å². The number of hydrogen-bond acceptors (Lipinski definition) is 4. The highest BCUT2D eigenvalue weighted by molar-refractivity contribution is 14.0. The number of aliphatic imine (C=N–C) groups is 1. The van der Waals surface area contributed by atoms with Gasteiger partial charge < -0.3 is 20.3 Å². The van der Waals surface area contributed by atoms with Crippen LogP contribution in [-0.4, -0.2) is 87.4 Å². The number of ether oxygens (including phenoxy) is 1. The molecule has 0 bridgehead atoms. The molecule has 0 saturated carbocycles. The molecule has 0 spiro atoms. The molecule has 2 heterocycles. The fourth-order valence-corrected chi connectivity index (χ4v) is 4.07. The Hall–Kier alpha value is -0.120. The summed E-state index contributed by atoms with van der Waals surface area (Å²) in [6.45, 7) is 13.4. The highest BCUT2D eigenvalue weighted by Crippen LogP contribution is 2.31. The van der Waals surface area contributed by atoms with E-state index in [1.807, 2.05) is 6.92 Å². The Bertz CT molecular complexity index is 407. The molecule has 7 heteroatoms. The van der Waals surface area contributed by atoms with E-state index in [9.17, 15) is 0 Å². The summed E-state index contributed by atoms with van der Waals surface area (Å²) in [5, 5.41) is 6.89. The molecule has 6 nitrogen and oxygen atoms in total. The molecule has 0 aromatic carbocycles. The summed E-state index contributed by atoms with van der Waals surface area (Å²) in [5.74, 6) is 0.958. The number of likely N-dealkylation sites (tertiary alicyclic amines) is 2. The van der Waals surface area contributed by atoms with Crippen LogP contribution in [0.15, 0.2) is 4.99 Å². The van der Waals surface area contributed by atoms with Gasteiger partial charge in [0.25, 0.3) is 0 Å². The number of halogens is 1. The zero-order chi connectivity index (χ0) is 18.7. The van der Waals surface area contributed by atoms with E-state index in [2.05, 4.69) is 34.4 Å². The van der Waals surface area contributed by atoms with Crippen LogP contribution in [0.25, 0.3) is 0 Å². The van der Waals surface area contributed by atoms with Gasteiger partial charge in [-0.1, -0.05) is 6.42 Å². The molecule has 0 atom stereocenters. The predicted molar refractivity (Wildman–Crippen MR) is 125 cm³/mol. The van der Waals surface area contributed by atoms with Crippen LogP contribution < -0.4 is 10.6 Å². The van der Waals surface area contributed by atoms with Gasteiger partial charge in [0.15, 0.2) is 5.96 Å². The molecule has 0 aromatic heterocycles. The number of nitrogens with zero attached hydrogens (tertiary/aromatic N) is 3. The average molecular weight is 495 g/mol. The van der Waals surface area contributed by atoms with Crippen molar-refractivity contribution in [1.82, 2.24) is 20.4 Å². The first kappa shape index (κ1) is 24.9. The lowest BCUT2D eigenvalue weighted by Gasteiger charge is -2.49. The first-order valence-corrected chi connectivity index (χ1v) is 10.7. The van der Waals surface area contributed by atoms with Crippen LogP contribution in [0.5, 0.6) is 0 Å². The van der Waals surface area contributed by atoms with Gasteiger partial charge in [0, 0.05) is 31.8 Å². The number of rotatable bonds is 9. The van der Waals surface area contributed by atoms with Crippen molar-refractivity contribution in [2.45, 2.75) is 57.9 Å². The van der Waals surface area contributed by atoms with Gasteiger partial charge in [-0.05, 0) is 79.2 Å². The summed E-state index contributed by atoms with van der Waals surface area (Å²) in [4.78, 5) is 10.2. The molecule has 2 N–H and O–H groups in total. The van der Waals surface area contributed by atoms with Gasteiger partial charge in [-0.3, -0.25) is 9.89 Å². The molecule has 27 heavy (non-hydrogen) atoms. The van der Waals surface area contributed by atoms with Crippen LogP contribution in [0, 0.1) is 0 Å². The minimum Gasteiger partial charge on any atom is -0.382 e. The maximum Gasteiger partial charge on any atom is 0.191 e. The third-order valence-electron chi connectivity index (χ3n) is 5.78. The summed E-state index contributed by atoms with van der Waals surface area (Å²) in [6.07, 6.45) is 7.56. The fourth-order valence-electron chi connectivity index (χ4n) is 4.07. The van der Waals surface area contributed by atoms with Crippen molar-refractivity contribution in [3.8, 4) is 0 Å². The number of guanidine groups is 1.